The van der Waals surface area contributed by atoms with Gasteiger partial charge in [0.2, 0.25) is 0 Å². The highest BCUT2D eigenvalue weighted by molar-refractivity contribution is 9.10. The zero-order valence-electron chi connectivity index (χ0n) is 11.4. The summed E-state index contributed by atoms with van der Waals surface area (Å²) in [5.41, 5.74) is 10.4. The maximum absolute atomic E-state index is 5.86. The zero-order chi connectivity index (χ0) is 13.8. The molecule has 0 amide bonds. The molecule has 0 spiro atoms. The highest BCUT2D eigenvalue weighted by Crippen LogP contribution is 2.24. The van der Waals surface area contributed by atoms with Gasteiger partial charge in [0, 0.05) is 28.9 Å². The molecule has 0 aliphatic carbocycles. The summed E-state index contributed by atoms with van der Waals surface area (Å²) in [4.78, 5) is 2.33. The zero-order valence-corrected chi connectivity index (χ0v) is 12.9. The van der Waals surface area contributed by atoms with E-state index in [1.807, 2.05) is 18.2 Å². The van der Waals surface area contributed by atoms with Crippen LogP contribution in [-0.4, -0.2) is 6.54 Å². The van der Waals surface area contributed by atoms with E-state index in [4.69, 9.17) is 5.73 Å². The molecule has 0 bridgehead atoms. The molecule has 2 aromatic carbocycles. The van der Waals surface area contributed by atoms with Crippen molar-refractivity contribution >= 4 is 27.3 Å². The number of benzene rings is 2. The van der Waals surface area contributed by atoms with Crippen LogP contribution in [0.15, 0.2) is 46.9 Å². The first kappa shape index (κ1) is 13.9. The molecule has 0 aliphatic heterocycles. The maximum atomic E-state index is 5.86. The predicted octanol–water partition coefficient (Wildman–Crippen LogP) is 4.37. The highest BCUT2D eigenvalue weighted by atomic mass is 79.9. The van der Waals surface area contributed by atoms with Crippen LogP contribution in [-0.2, 0) is 6.54 Å². The lowest BCUT2D eigenvalue weighted by molar-refractivity contribution is 0.829. The maximum Gasteiger partial charge on any atom is 0.0441 e. The van der Waals surface area contributed by atoms with Crippen molar-refractivity contribution in [3.63, 3.8) is 0 Å². The summed E-state index contributed by atoms with van der Waals surface area (Å²) >= 11 is 3.59. The van der Waals surface area contributed by atoms with Crippen LogP contribution in [0.1, 0.15) is 18.1 Å². The fourth-order valence-electron chi connectivity index (χ4n) is 2.06. The lowest BCUT2D eigenvalue weighted by Gasteiger charge is -2.24. The van der Waals surface area contributed by atoms with Crippen LogP contribution in [0.4, 0.5) is 11.4 Å². The average Bonchev–Trinajstić information content (AvgIpc) is 2.41. The molecular formula is C16H19BrN2. The van der Waals surface area contributed by atoms with Gasteiger partial charge in [-0.25, -0.2) is 0 Å². The minimum atomic E-state index is 0.804. The van der Waals surface area contributed by atoms with Crippen molar-refractivity contribution in [2.75, 3.05) is 17.2 Å². The van der Waals surface area contributed by atoms with Crippen molar-refractivity contribution in [3.8, 4) is 0 Å². The SMILES string of the molecule is CCN(Cc1cc(N)ccc1Br)c1ccc(C)cc1. The number of rotatable bonds is 4. The molecule has 0 heterocycles. The molecule has 0 saturated carbocycles. The average molecular weight is 319 g/mol. The van der Waals surface area contributed by atoms with Gasteiger partial charge >= 0.3 is 0 Å². The summed E-state index contributed by atoms with van der Waals surface area (Å²) in [6.45, 7) is 6.09. The van der Waals surface area contributed by atoms with E-state index >= 15 is 0 Å². The summed E-state index contributed by atoms with van der Waals surface area (Å²) in [6, 6.07) is 14.6. The Morgan fingerprint density at radius 2 is 1.79 bits per heavy atom. The fraction of sp³-hybridized carbons (Fsp3) is 0.250. The predicted molar refractivity (Wildman–Crippen MR) is 86.5 cm³/mol. The minimum Gasteiger partial charge on any atom is -0.399 e. The molecule has 3 heteroatoms. The van der Waals surface area contributed by atoms with E-state index in [1.165, 1.54) is 16.8 Å². The van der Waals surface area contributed by atoms with Crippen molar-refractivity contribution in [3.05, 3.63) is 58.1 Å². The van der Waals surface area contributed by atoms with Gasteiger partial charge in [-0.15, -0.1) is 0 Å². The molecular weight excluding hydrogens is 300 g/mol. The van der Waals surface area contributed by atoms with Gasteiger partial charge in [0.25, 0.3) is 0 Å². The second-order valence-electron chi connectivity index (χ2n) is 4.70. The van der Waals surface area contributed by atoms with Gasteiger partial charge < -0.3 is 10.6 Å². The van der Waals surface area contributed by atoms with E-state index in [2.05, 4.69) is 58.9 Å². The smallest absolute Gasteiger partial charge is 0.0441 e. The lowest BCUT2D eigenvalue weighted by atomic mass is 10.1. The van der Waals surface area contributed by atoms with Crippen LogP contribution in [0.25, 0.3) is 0 Å². The fourth-order valence-corrected chi connectivity index (χ4v) is 2.43. The minimum absolute atomic E-state index is 0.804. The molecule has 19 heavy (non-hydrogen) atoms. The van der Waals surface area contributed by atoms with E-state index in [1.54, 1.807) is 0 Å². The Morgan fingerprint density at radius 1 is 1.11 bits per heavy atom. The van der Waals surface area contributed by atoms with Crippen molar-refractivity contribution in [2.24, 2.45) is 0 Å². The second-order valence-corrected chi connectivity index (χ2v) is 5.55. The first-order chi connectivity index (χ1) is 9.10. The summed E-state index contributed by atoms with van der Waals surface area (Å²) in [7, 11) is 0. The second kappa shape index (κ2) is 6.11. The van der Waals surface area contributed by atoms with Gasteiger partial charge in [0.05, 0.1) is 0 Å². The third-order valence-corrected chi connectivity index (χ3v) is 3.99. The molecule has 0 saturated heterocycles. The largest absolute Gasteiger partial charge is 0.399 e. The highest BCUT2D eigenvalue weighted by Gasteiger charge is 2.08. The Bertz CT molecular complexity index is 549. The molecule has 0 radical (unpaired) electrons. The van der Waals surface area contributed by atoms with Crippen LogP contribution < -0.4 is 10.6 Å². The Morgan fingerprint density at radius 3 is 2.42 bits per heavy atom. The number of nitrogens with two attached hydrogens (primary N) is 1. The van der Waals surface area contributed by atoms with Gasteiger partial charge in [-0.1, -0.05) is 33.6 Å². The van der Waals surface area contributed by atoms with Crippen molar-refractivity contribution < 1.29 is 0 Å². The van der Waals surface area contributed by atoms with Crippen LogP contribution in [0.5, 0.6) is 0 Å². The van der Waals surface area contributed by atoms with Crippen LogP contribution in [0, 0.1) is 6.92 Å². The molecule has 0 aromatic heterocycles. The van der Waals surface area contributed by atoms with Crippen molar-refractivity contribution in [1.82, 2.24) is 0 Å². The Balaban J connectivity index is 2.23. The summed E-state index contributed by atoms with van der Waals surface area (Å²) in [5, 5.41) is 0. The third-order valence-electron chi connectivity index (χ3n) is 3.21. The number of aryl methyl sites for hydroxylation is 1. The molecule has 100 valence electrons. The van der Waals surface area contributed by atoms with E-state index in [0.717, 1.165) is 23.2 Å². The van der Waals surface area contributed by atoms with Gasteiger partial charge in [-0.05, 0) is 49.7 Å². The molecule has 2 rings (SSSR count). The number of anilines is 2. The first-order valence-corrected chi connectivity index (χ1v) is 7.25. The van der Waals surface area contributed by atoms with Crippen molar-refractivity contribution in [1.29, 1.82) is 0 Å². The Hall–Kier alpha value is -1.48. The first-order valence-electron chi connectivity index (χ1n) is 6.45. The van der Waals surface area contributed by atoms with Gasteiger partial charge in [-0.3, -0.25) is 0 Å². The quantitative estimate of drug-likeness (QED) is 0.848. The molecule has 2 aromatic rings. The molecule has 0 unspecified atom stereocenters. The Kier molecular flexibility index (Phi) is 4.48. The number of nitrogens with zero attached hydrogens (tertiary/aromatic N) is 1. The van der Waals surface area contributed by atoms with Crippen molar-refractivity contribution in [2.45, 2.75) is 20.4 Å². The van der Waals surface area contributed by atoms with Crippen LogP contribution >= 0.6 is 15.9 Å². The Labute approximate surface area is 123 Å². The topological polar surface area (TPSA) is 29.3 Å². The van der Waals surface area contributed by atoms with E-state index in [0.29, 0.717) is 0 Å². The van der Waals surface area contributed by atoms with Gasteiger partial charge in [0.15, 0.2) is 0 Å². The monoisotopic (exact) mass is 318 g/mol. The molecule has 2 N–H and O–H groups in total. The van der Waals surface area contributed by atoms with E-state index in [9.17, 15) is 0 Å². The molecule has 2 nitrogen and oxygen atoms in total. The molecule has 0 atom stereocenters. The van der Waals surface area contributed by atoms with Gasteiger partial charge in [-0.2, -0.15) is 0 Å². The number of halogens is 1. The number of hydrogen-bond acceptors (Lipinski definition) is 2. The summed E-state index contributed by atoms with van der Waals surface area (Å²) in [5.74, 6) is 0. The molecule has 0 fully saturated rings. The van der Waals surface area contributed by atoms with E-state index < -0.39 is 0 Å². The molecule has 0 aliphatic rings. The number of nitrogen functional groups attached to an aromatic ring is 1. The van der Waals surface area contributed by atoms with Crippen LogP contribution in [0.2, 0.25) is 0 Å². The van der Waals surface area contributed by atoms with Gasteiger partial charge in [0.1, 0.15) is 0 Å². The third kappa shape index (κ3) is 3.51. The van der Waals surface area contributed by atoms with E-state index in [-0.39, 0.29) is 0 Å². The normalized spacial score (nSPS) is 10.5. The summed E-state index contributed by atoms with van der Waals surface area (Å²) in [6.07, 6.45) is 0. The standard InChI is InChI=1S/C16H19BrN2/c1-3-19(15-7-4-12(2)5-8-15)11-13-10-14(18)6-9-16(13)17/h4-10H,3,11,18H2,1-2H3. The number of hydrogen-bond donors (Lipinski definition) is 1. The summed E-state index contributed by atoms with van der Waals surface area (Å²) < 4.78 is 1.10. The lowest BCUT2D eigenvalue weighted by Crippen LogP contribution is -2.22. The van der Waals surface area contributed by atoms with Crippen LogP contribution in [0.3, 0.4) is 0 Å².